The Kier molecular flexibility index (Phi) is 8.24. The summed E-state index contributed by atoms with van der Waals surface area (Å²) in [6.45, 7) is 6.70. The maximum atomic E-state index is 4.91. The summed E-state index contributed by atoms with van der Waals surface area (Å²) in [4.78, 5) is 4.91. The molecule has 0 bridgehead atoms. The van der Waals surface area contributed by atoms with Crippen molar-refractivity contribution in [2.24, 2.45) is 0 Å². The zero-order valence-corrected chi connectivity index (χ0v) is 20.3. The van der Waals surface area contributed by atoms with Gasteiger partial charge in [-0.05, 0) is 36.1 Å². The summed E-state index contributed by atoms with van der Waals surface area (Å²) in [6.07, 6.45) is 23.3. The van der Waals surface area contributed by atoms with Crippen molar-refractivity contribution < 1.29 is 9.13 Å². The predicted molar refractivity (Wildman–Crippen MR) is 135 cm³/mol. The molecule has 0 amide bonds. The number of hydrogen-bond donors (Lipinski definition) is 0. The summed E-state index contributed by atoms with van der Waals surface area (Å²) < 4.78 is 6.68. The van der Waals surface area contributed by atoms with Gasteiger partial charge in [0.15, 0.2) is 24.8 Å². The summed E-state index contributed by atoms with van der Waals surface area (Å²) >= 11 is 0. The number of unbranched alkanes of at least 4 members (excludes halogenated alkanes) is 6. The van der Waals surface area contributed by atoms with Crippen LogP contribution in [0.5, 0.6) is 0 Å². The predicted octanol–water partition coefficient (Wildman–Crippen LogP) is 6.40. The van der Waals surface area contributed by atoms with Gasteiger partial charge in [-0.15, -0.1) is 0 Å². The van der Waals surface area contributed by atoms with Gasteiger partial charge in [0.2, 0.25) is 0 Å². The highest BCUT2D eigenvalue weighted by molar-refractivity contribution is 5.69. The van der Waals surface area contributed by atoms with Crippen LogP contribution in [-0.4, -0.2) is 9.38 Å². The first kappa shape index (κ1) is 23.2. The molecule has 0 aliphatic carbocycles. The lowest BCUT2D eigenvalue weighted by atomic mass is 10.1. The molecule has 0 aliphatic heterocycles. The van der Waals surface area contributed by atoms with Gasteiger partial charge in [-0.2, -0.15) is 0 Å². The lowest BCUT2D eigenvalue weighted by molar-refractivity contribution is -0.697. The second kappa shape index (κ2) is 11.7. The second-order valence-electron chi connectivity index (χ2n) is 9.08. The Bertz CT molecular complexity index is 1070. The molecule has 0 fully saturated rings. The first-order chi connectivity index (χ1) is 16.3. The van der Waals surface area contributed by atoms with Gasteiger partial charge in [0.25, 0.3) is 0 Å². The summed E-state index contributed by atoms with van der Waals surface area (Å²) in [7, 11) is 0. The quantitative estimate of drug-likeness (QED) is 0.184. The van der Waals surface area contributed by atoms with Crippen molar-refractivity contribution in [3.63, 3.8) is 0 Å². The van der Waals surface area contributed by atoms with Crippen LogP contribution in [0.15, 0.2) is 73.6 Å². The van der Waals surface area contributed by atoms with E-state index in [1.54, 1.807) is 0 Å². The highest BCUT2D eigenvalue weighted by Crippen LogP contribution is 2.23. The lowest BCUT2D eigenvalue weighted by Gasteiger charge is -2.02. The molecule has 0 saturated heterocycles. The Morgan fingerprint density at radius 1 is 0.667 bits per heavy atom. The molecule has 4 nitrogen and oxygen atoms in total. The van der Waals surface area contributed by atoms with Crippen LogP contribution in [0.25, 0.3) is 28.0 Å². The molecule has 4 rings (SSSR count). The van der Waals surface area contributed by atoms with Crippen LogP contribution in [0.3, 0.4) is 0 Å². The number of hydrogen-bond acceptors (Lipinski definition) is 1. The van der Waals surface area contributed by atoms with Gasteiger partial charge >= 0.3 is 0 Å². The number of imidazole rings is 1. The van der Waals surface area contributed by atoms with Crippen molar-refractivity contribution in [1.82, 2.24) is 9.38 Å². The Balaban J connectivity index is 1.43. The summed E-state index contributed by atoms with van der Waals surface area (Å²) in [5.74, 6) is 0. The van der Waals surface area contributed by atoms with Crippen LogP contribution in [0, 0.1) is 0 Å². The van der Waals surface area contributed by atoms with E-state index in [0.29, 0.717) is 0 Å². The lowest BCUT2D eigenvalue weighted by Crippen LogP contribution is -2.32. The number of rotatable bonds is 12. The van der Waals surface area contributed by atoms with Gasteiger partial charge in [0.1, 0.15) is 18.7 Å². The van der Waals surface area contributed by atoms with Crippen molar-refractivity contribution in [3.8, 4) is 22.4 Å². The number of aromatic nitrogens is 4. The van der Waals surface area contributed by atoms with E-state index >= 15 is 0 Å². The Labute approximate surface area is 198 Å². The third kappa shape index (κ3) is 6.28. The topological polar surface area (TPSA) is 25.1 Å². The van der Waals surface area contributed by atoms with Crippen LogP contribution >= 0.6 is 0 Å². The average molecular weight is 443 g/mol. The van der Waals surface area contributed by atoms with Crippen molar-refractivity contribution in [1.29, 1.82) is 0 Å². The first-order valence-electron chi connectivity index (χ1n) is 12.7. The standard InChI is InChI=1S/C29H38N4/c1-3-5-7-9-16-31-18-11-25(12-19-31)27-15-22-33-24-28(30-29(33)23-27)26-13-20-32(21-14-26)17-10-8-6-4-2/h11-15,18-24H,3-10,16-17H2,1-2H3/q+2. The van der Waals surface area contributed by atoms with E-state index in [4.69, 9.17) is 4.98 Å². The van der Waals surface area contributed by atoms with Crippen LogP contribution in [-0.2, 0) is 13.1 Å². The Hall–Kier alpha value is -3.01. The second-order valence-corrected chi connectivity index (χ2v) is 9.08. The fourth-order valence-corrected chi connectivity index (χ4v) is 4.32. The molecule has 4 aromatic heterocycles. The molecule has 0 aromatic carbocycles. The molecule has 172 valence electrons. The van der Waals surface area contributed by atoms with Crippen molar-refractivity contribution in [2.45, 2.75) is 78.3 Å². The molecular weight excluding hydrogens is 404 g/mol. The van der Waals surface area contributed by atoms with E-state index in [9.17, 15) is 0 Å². The fourth-order valence-electron chi connectivity index (χ4n) is 4.32. The van der Waals surface area contributed by atoms with Crippen molar-refractivity contribution in [3.05, 3.63) is 73.6 Å². The maximum absolute atomic E-state index is 4.91. The van der Waals surface area contributed by atoms with Crippen LogP contribution < -0.4 is 9.13 Å². The van der Waals surface area contributed by atoms with E-state index in [2.05, 4.69) is 101 Å². The zero-order chi connectivity index (χ0) is 22.9. The molecule has 0 spiro atoms. The zero-order valence-electron chi connectivity index (χ0n) is 20.3. The van der Waals surface area contributed by atoms with E-state index in [1.807, 2.05) is 0 Å². The Morgan fingerprint density at radius 3 is 1.82 bits per heavy atom. The summed E-state index contributed by atoms with van der Waals surface area (Å²) in [5.41, 5.74) is 5.60. The number of aryl methyl sites for hydroxylation is 2. The smallest absolute Gasteiger partial charge is 0.169 e. The van der Waals surface area contributed by atoms with Gasteiger partial charge in [-0.3, -0.25) is 0 Å². The molecule has 4 aromatic rings. The van der Waals surface area contributed by atoms with Crippen LogP contribution in [0.4, 0.5) is 0 Å². The van der Waals surface area contributed by atoms with Crippen molar-refractivity contribution in [2.75, 3.05) is 0 Å². The molecule has 0 unspecified atom stereocenters. The van der Waals surface area contributed by atoms with Crippen LogP contribution in [0.1, 0.15) is 65.2 Å². The van der Waals surface area contributed by atoms with Gasteiger partial charge in [-0.25, -0.2) is 14.1 Å². The minimum Gasteiger partial charge on any atom is -0.306 e. The van der Waals surface area contributed by atoms with E-state index in [1.165, 1.54) is 62.5 Å². The van der Waals surface area contributed by atoms with Gasteiger partial charge < -0.3 is 4.40 Å². The molecule has 0 aliphatic rings. The minimum atomic E-state index is 0.982. The fraction of sp³-hybridized carbons (Fsp3) is 0.414. The third-order valence-electron chi connectivity index (χ3n) is 6.41. The number of fused-ring (bicyclic) bond motifs is 1. The van der Waals surface area contributed by atoms with Gasteiger partial charge in [0, 0.05) is 55.1 Å². The molecular formula is C29H38N4+2. The normalized spacial score (nSPS) is 11.3. The largest absolute Gasteiger partial charge is 0.306 e. The molecule has 0 radical (unpaired) electrons. The summed E-state index contributed by atoms with van der Waals surface area (Å²) in [5, 5.41) is 0. The SMILES string of the molecule is CCCCCC[n+]1ccc(-c2ccn3cc(-c4cc[n+](CCCCCC)cc4)nc3c2)cc1. The molecule has 0 N–H and O–H groups in total. The molecule has 33 heavy (non-hydrogen) atoms. The van der Waals surface area contributed by atoms with Gasteiger partial charge in [0.05, 0.1) is 5.69 Å². The molecule has 0 saturated carbocycles. The summed E-state index contributed by atoms with van der Waals surface area (Å²) in [6, 6.07) is 13.1. The van der Waals surface area contributed by atoms with E-state index in [0.717, 1.165) is 30.0 Å². The Morgan fingerprint density at radius 2 is 1.24 bits per heavy atom. The van der Waals surface area contributed by atoms with E-state index < -0.39 is 0 Å². The van der Waals surface area contributed by atoms with Crippen molar-refractivity contribution >= 4 is 5.65 Å². The number of nitrogens with zero attached hydrogens (tertiary/aromatic N) is 4. The number of pyridine rings is 3. The minimum absolute atomic E-state index is 0.982. The van der Waals surface area contributed by atoms with Crippen LogP contribution in [0.2, 0.25) is 0 Å². The maximum Gasteiger partial charge on any atom is 0.169 e. The van der Waals surface area contributed by atoms with E-state index in [-0.39, 0.29) is 0 Å². The third-order valence-corrected chi connectivity index (χ3v) is 6.41. The first-order valence-corrected chi connectivity index (χ1v) is 12.7. The molecule has 0 atom stereocenters. The highest BCUT2D eigenvalue weighted by atomic mass is 15.0. The average Bonchev–Trinajstić information content (AvgIpc) is 3.29. The molecule has 4 heteroatoms. The molecule has 4 heterocycles. The monoisotopic (exact) mass is 442 g/mol. The van der Waals surface area contributed by atoms with Gasteiger partial charge in [-0.1, -0.05) is 39.5 Å². The highest BCUT2D eigenvalue weighted by Gasteiger charge is 2.09.